The normalized spacial score (nSPS) is 14.5. The molecule has 0 radical (unpaired) electrons. The maximum atomic E-state index is 6.52. The van der Waals surface area contributed by atoms with E-state index >= 15 is 0 Å². The minimum absolute atomic E-state index is 0.544. The van der Waals surface area contributed by atoms with Gasteiger partial charge in [0, 0.05) is 6.20 Å². The van der Waals surface area contributed by atoms with Crippen LogP contribution in [0.2, 0.25) is 0 Å². The van der Waals surface area contributed by atoms with Crippen molar-refractivity contribution < 1.29 is 0 Å². The molecule has 0 saturated carbocycles. The van der Waals surface area contributed by atoms with Gasteiger partial charge in [-0.1, -0.05) is 30.3 Å². The van der Waals surface area contributed by atoms with Crippen LogP contribution >= 0.6 is 11.6 Å². The fraction of sp³-hybridized carbons (Fsp3) is 0.167. The number of hydrogen-bond acceptors (Lipinski definition) is 2. The van der Waals surface area contributed by atoms with Crippen LogP contribution in [0.15, 0.2) is 48.8 Å². The Morgan fingerprint density at radius 1 is 1.00 bits per heavy atom. The van der Waals surface area contributed by atoms with E-state index in [1.807, 2.05) is 43.3 Å². The largest absolute Gasteiger partial charge is 0.159 e. The van der Waals surface area contributed by atoms with Crippen LogP contribution in [0.5, 0.6) is 0 Å². The van der Waals surface area contributed by atoms with E-state index in [1.54, 1.807) is 12.4 Å². The van der Waals surface area contributed by atoms with E-state index in [-0.39, 0.29) is 0 Å². The first-order chi connectivity index (χ1) is 7.21. The molecule has 0 aliphatic rings. The zero-order chi connectivity index (χ0) is 10.7. The topological polar surface area (TPSA) is 25.8 Å². The van der Waals surface area contributed by atoms with Crippen LogP contribution in [0, 0.1) is 0 Å². The lowest BCUT2D eigenvalue weighted by atomic mass is 9.94. The molecular weight excluding hydrogens is 208 g/mol. The van der Waals surface area contributed by atoms with E-state index in [0.717, 1.165) is 11.1 Å². The quantitative estimate of drug-likeness (QED) is 0.725. The van der Waals surface area contributed by atoms with Crippen molar-refractivity contribution in [2.75, 3.05) is 0 Å². The number of hydrogen-bond donors (Lipinski definition) is 0. The fourth-order valence-corrected chi connectivity index (χ4v) is 1.72. The van der Waals surface area contributed by atoms with Gasteiger partial charge in [-0.25, -0.2) is 0 Å². The molecule has 1 unspecified atom stereocenters. The number of nitrogens with zero attached hydrogens (tertiary/aromatic N) is 2. The highest BCUT2D eigenvalue weighted by Crippen LogP contribution is 2.34. The van der Waals surface area contributed by atoms with Crippen LogP contribution in [-0.4, -0.2) is 10.2 Å². The first-order valence-electron chi connectivity index (χ1n) is 4.73. The number of aromatic nitrogens is 2. The predicted octanol–water partition coefficient (Wildman–Crippen LogP) is 2.98. The van der Waals surface area contributed by atoms with Crippen molar-refractivity contribution >= 4 is 11.6 Å². The Kier molecular flexibility index (Phi) is 2.69. The molecule has 0 saturated heterocycles. The molecular formula is C12H11ClN2. The average molecular weight is 219 g/mol. The lowest BCUT2D eigenvalue weighted by Crippen LogP contribution is -2.15. The molecule has 0 N–H and O–H groups in total. The van der Waals surface area contributed by atoms with Crippen molar-refractivity contribution in [1.29, 1.82) is 0 Å². The van der Waals surface area contributed by atoms with Gasteiger partial charge in [-0.05, 0) is 24.1 Å². The highest BCUT2D eigenvalue weighted by atomic mass is 35.5. The van der Waals surface area contributed by atoms with Crippen molar-refractivity contribution in [3.8, 4) is 0 Å². The van der Waals surface area contributed by atoms with Gasteiger partial charge in [-0.15, -0.1) is 11.6 Å². The molecule has 1 aromatic carbocycles. The number of rotatable bonds is 2. The summed E-state index contributed by atoms with van der Waals surface area (Å²) in [5, 5.41) is 7.59. The molecule has 2 rings (SSSR count). The summed E-state index contributed by atoms with van der Waals surface area (Å²) in [4.78, 5) is -0.544. The molecule has 2 aromatic rings. The molecule has 0 aliphatic heterocycles. The highest BCUT2D eigenvalue weighted by molar-refractivity contribution is 6.25. The van der Waals surface area contributed by atoms with Crippen LogP contribution in [0.4, 0.5) is 0 Å². The number of benzene rings is 1. The van der Waals surface area contributed by atoms with Gasteiger partial charge in [0.15, 0.2) is 0 Å². The van der Waals surface area contributed by atoms with E-state index in [1.165, 1.54) is 0 Å². The van der Waals surface area contributed by atoms with Crippen molar-refractivity contribution in [3.05, 3.63) is 59.9 Å². The smallest absolute Gasteiger partial charge is 0.0932 e. The molecule has 15 heavy (non-hydrogen) atoms. The summed E-state index contributed by atoms with van der Waals surface area (Å²) in [7, 11) is 0. The van der Waals surface area contributed by atoms with Crippen LogP contribution in [0.1, 0.15) is 18.1 Å². The Balaban J connectivity index is 2.44. The van der Waals surface area contributed by atoms with Crippen LogP contribution in [0.25, 0.3) is 0 Å². The summed E-state index contributed by atoms with van der Waals surface area (Å²) < 4.78 is 0. The van der Waals surface area contributed by atoms with Crippen LogP contribution in [0.3, 0.4) is 0 Å². The predicted molar refractivity (Wildman–Crippen MR) is 60.8 cm³/mol. The SMILES string of the molecule is CC(Cl)(c1ccccc1)c1ccnnc1. The van der Waals surface area contributed by atoms with Gasteiger partial charge in [-0.2, -0.15) is 10.2 Å². The Labute approximate surface area is 93.9 Å². The summed E-state index contributed by atoms with van der Waals surface area (Å²) in [5.74, 6) is 0. The summed E-state index contributed by atoms with van der Waals surface area (Å²) in [5.41, 5.74) is 2.00. The summed E-state index contributed by atoms with van der Waals surface area (Å²) in [6, 6.07) is 11.8. The standard InChI is InChI=1S/C12H11ClN2/c1-12(13,10-5-3-2-4-6-10)11-7-8-14-15-9-11/h2-9H,1H3. The minimum Gasteiger partial charge on any atom is -0.159 e. The van der Waals surface area contributed by atoms with Gasteiger partial charge in [0.05, 0.1) is 11.1 Å². The van der Waals surface area contributed by atoms with E-state index in [9.17, 15) is 0 Å². The minimum atomic E-state index is -0.544. The van der Waals surface area contributed by atoms with Crippen LogP contribution in [-0.2, 0) is 4.87 Å². The first kappa shape index (κ1) is 10.1. The monoisotopic (exact) mass is 218 g/mol. The van der Waals surface area contributed by atoms with Gasteiger partial charge in [0.25, 0.3) is 0 Å². The molecule has 1 aromatic heterocycles. The Morgan fingerprint density at radius 3 is 2.33 bits per heavy atom. The van der Waals surface area contributed by atoms with Gasteiger partial charge < -0.3 is 0 Å². The first-order valence-corrected chi connectivity index (χ1v) is 5.10. The molecule has 0 spiro atoms. The van der Waals surface area contributed by atoms with Crippen molar-refractivity contribution in [3.63, 3.8) is 0 Å². The molecule has 3 heteroatoms. The van der Waals surface area contributed by atoms with Gasteiger partial charge in [0.2, 0.25) is 0 Å². The Hall–Kier alpha value is -1.41. The lowest BCUT2D eigenvalue weighted by molar-refractivity contribution is 0.803. The average Bonchev–Trinajstić information content (AvgIpc) is 2.31. The zero-order valence-electron chi connectivity index (χ0n) is 8.39. The van der Waals surface area contributed by atoms with E-state index < -0.39 is 4.87 Å². The van der Waals surface area contributed by atoms with Crippen molar-refractivity contribution in [2.45, 2.75) is 11.8 Å². The van der Waals surface area contributed by atoms with E-state index in [0.29, 0.717) is 0 Å². The third-order valence-electron chi connectivity index (χ3n) is 2.44. The maximum Gasteiger partial charge on any atom is 0.0932 e. The third kappa shape index (κ3) is 2.00. The van der Waals surface area contributed by atoms with Gasteiger partial charge in [0.1, 0.15) is 0 Å². The second-order valence-electron chi connectivity index (χ2n) is 3.50. The zero-order valence-corrected chi connectivity index (χ0v) is 9.15. The second kappa shape index (κ2) is 3.99. The fourth-order valence-electron chi connectivity index (χ4n) is 1.49. The Bertz CT molecular complexity index is 384. The van der Waals surface area contributed by atoms with Crippen LogP contribution < -0.4 is 0 Å². The molecule has 1 atom stereocenters. The molecule has 0 fully saturated rings. The molecule has 2 nitrogen and oxygen atoms in total. The third-order valence-corrected chi connectivity index (χ3v) is 2.88. The summed E-state index contributed by atoms with van der Waals surface area (Å²) >= 11 is 6.52. The summed E-state index contributed by atoms with van der Waals surface area (Å²) in [6.45, 7) is 1.96. The summed E-state index contributed by atoms with van der Waals surface area (Å²) in [6.07, 6.45) is 3.35. The molecule has 0 bridgehead atoms. The molecule has 76 valence electrons. The molecule has 0 amide bonds. The van der Waals surface area contributed by atoms with Gasteiger partial charge >= 0.3 is 0 Å². The highest BCUT2D eigenvalue weighted by Gasteiger charge is 2.25. The molecule has 1 heterocycles. The molecule has 0 aliphatic carbocycles. The Morgan fingerprint density at radius 2 is 1.73 bits per heavy atom. The lowest BCUT2D eigenvalue weighted by Gasteiger charge is -2.22. The van der Waals surface area contributed by atoms with Crippen molar-refractivity contribution in [1.82, 2.24) is 10.2 Å². The maximum absolute atomic E-state index is 6.52. The second-order valence-corrected chi connectivity index (χ2v) is 4.26. The van der Waals surface area contributed by atoms with Gasteiger partial charge in [-0.3, -0.25) is 0 Å². The van der Waals surface area contributed by atoms with E-state index in [2.05, 4.69) is 10.2 Å². The van der Waals surface area contributed by atoms with E-state index in [4.69, 9.17) is 11.6 Å². The number of alkyl halides is 1. The number of halogens is 1. The van der Waals surface area contributed by atoms with Crippen molar-refractivity contribution in [2.24, 2.45) is 0 Å².